The Balaban J connectivity index is 1.78. The van der Waals surface area contributed by atoms with E-state index >= 15 is 0 Å². The number of benzene rings is 1. The molecule has 4 nitrogen and oxygen atoms in total. The number of fused-ring (bicyclic) bond motifs is 2. The van der Waals surface area contributed by atoms with Gasteiger partial charge >= 0.3 is 0 Å². The van der Waals surface area contributed by atoms with E-state index in [0.717, 1.165) is 51.0 Å². The van der Waals surface area contributed by atoms with Crippen molar-refractivity contribution in [1.82, 2.24) is 0 Å². The number of hydrogen-bond acceptors (Lipinski definition) is 6. The van der Waals surface area contributed by atoms with E-state index in [1.54, 1.807) is 0 Å². The molecule has 0 saturated carbocycles. The van der Waals surface area contributed by atoms with E-state index in [2.05, 4.69) is 52.0 Å². The number of allylic oxidation sites excluding steroid dienone is 1. The Hall–Kier alpha value is -1.66. The van der Waals surface area contributed by atoms with Gasteiger partial charge in [0.2, 0.25) is 0 Å². The highest BCUT2D eigenvalue weighted by atomic mass is 32.2. The van der Waals surface area contributed by atoms with Gasteiger partial charge in [0.25, 0.3) is 0 Å². The van der Waals surface area contributed by atoms with Gasteiger partial charge in [0.05, 0.1) is 26.3 Å². The minimum absolute atomic E-state index is 0.176. The van der Waals surface area contributed by atoms with E-state index in [1.165, 1.54) is 16.7 Å². The molecule has 1 atom stereocenters. The molecule has 0 N–H and O–H groups in total. The fourth-order valence-electron chi connectivity index (χ4n) is 4.31. The van der Waals surface area contributed by atoms with Crippen LogP contribution in [0.2, 0.25) is 0 Å². The van der Waals surface area contributed by atoms with Gasteiger partial charge in [-0.15, -0.1) is 23.5 Å². The van der Waals surface area contributed by atoms with Crippen molar-refractivity contribution >= 4 is 44.8 Å². The Labute approximate surface area is 174 Å². The van der Waals surface area contributed by atoms with Crippen LogP contribution >= 0.6 is 23.5 Å². The summed E-state index contributed by atoms with van der Waals surface area (Å²) in [5, 5.41) is 4.35. The summed E-state index contributed by atoms with van der Waals surface area (Å²) in [6.07, 6.45) is 4.53. The molecular weight excluding hydrogens is 384 g/mol. The van der Waals surface area contributed by atoms with Crippen LogP contribution in [0.3, 0.4) is 0 Å². The van der Waals surface area contributed by atoms with Crippen molar-refractivity contribution in [2.45, 2.75) is 38.8 Å². The fraction of sp³-hybridized carbons (Fsp3) is 0.455. The van der Waals surface area contributed by atoms with Crippen LogP contribution in [-0.4, -0.2) is 45.8 Å². The number of nitrogens with zero attached hydrogens (tertiary/aromatic N) is 4. The Morgan fingerprint density at radius 1 is 0.857 bits per heavy atom. The van der Waals surface area contributed by atoms with Crippen LogP contribution in [0.15, 0.2) is 44.3 Å². The minimum atomic E-state index is -0.411. The first-order valence-corrected chi connectivity index (χ1v) is 11.7. The summed E-state index contributed by atoms with van der Waals surface area (Å²) in [6.45, 7) is 10.4. The van der Waals surface area contributed by atoms with Gasteiger partial charge in [-0.3, -0.25) is 20.0 Å². The monoisotopic (exact) mass is 408 g/mol. The van der Waals surface area contributed by atoms with Gasteiger partial charge in [-0.25, -0.2) is 0 Å². The lowest BCUT2D eigenvalue weighted by Crippen LogP contribution is -2.37. The molecule has 1 unspecified atom stereocenters. The molecular formula is C22H24N4S2. The number of thioether (sulfide) groups is 2. The third kappa shape index (κ3) is 3.01. The molecule has 0 amide bonds. The molecule has 0 aliphatic carbocycles. The van der Waals surface area contributed by atoms with E-state index in [-0.39, 0.29) is 5.54 Å². The molecule has 6 heteroatoms. The average Bonchev–Trinajstić information content (AvgIpc) is 3.33. The van der Waals surface area contributed by atoms with Crippen molar-refractivity contribution in [3.05, 3.63) is 46.1 Å². The van der Waals surface area contributed by atoms with Gasteiger partial charge in [0, 0.05) is 41.3 Å². The zero-order chi connectivity index (χ0) is 19.5. The largest absolute Gasteiger partial charge is 0.279 e. The van der Waals surface area contributed by atoms with E-state index in [1.807, 2.05) is 23.5 Å². The summed E-state index contributed by atoms with van der Waals surface area (Å²) in [5.74, 6) is 2.10. The first-order chi connectivity index (χ1) is 13.3. The lowest BCUT2D eigenvalue weighted by atomic mass is 9.88. The molecule has 0 aromatic heterocycles. The third-order valence-electron chi connectivity index (χ3n) is 5.42. The van der Waals surface area contributed by atoms with E-state index in [9.17, 15) is 0 Å². The number of hydrogen-bond donors (Lipinski definition) is 0. The Kier molecular flexibility index (Phi) is 4.22. The highest BCUT2D eigenvalue weighted by molar-refractivity contribution is 8.15. The summed E-state index contributed by atoms with van der Waals surface area (Å²) < 4.78 is 0. The molecule has 1 aromatic rings. The molecule has 0 fully saturated rings. The molecule has 0 radical (unpaired) electrons. The van der Waals surface area contributed by atoms with Crippen LogP contribution in [0.5, 0.6) is 0 Å². The highest BCUT2D eigenvalue weighted by Gasteiger charge is 2.35. The van der Waals surface area contributed by atoms with Crippen LogP contribution in [0.25, 0.3) is 11.1 Å². The molecule has 144 valence electrons. The minimum Gasteiger partial charge on any atom is -0.279 e. The summed E-state index contributed by atoms with van der Waals surface area (Å²) in [7, 11) is 0. The Morgan fingerprint density at radius 3 is 2.29 bits per heavy atom. The highest BCUT2D eigenvalue weighted by Crippen LogP contribution is 2.35. The predicted octanol–water partition coefficient (Wildman–Crippen LogP) is 3.57. The Bertz CT molecular complexity index is 1120. The topological polar surface area (TPSA) is 49.4 Å². The van der Waals surface area contributed by atoms with Crippen LogP contribution in [-0.2, 0) is 0 Å². The summed E-state index contributed by atoms with van der Waals surface area (Å²) >= 11 is 3.68. The van der Waals surface area contributed by atoms with Crippen LogP contribution in [0, 0.1) is 0 Å². The van der Waals surface area contributed by atoms with Gasteiger partial charge in [-0.05, 0) is 51.5 Å². The van der Waals surface area contributed by atoms with Gasteiger partial charge in [-0.1, -0.05) is 6.08 Å². The lowest BCUT2D eigenvalue weighted by Gasteiger charge is -2.28. The molecule has 0 bridgehead atoms. The maximum absolute atomic E-state index is 5.20. The van der Waals surface area contributed by atoms with Gasteiger partial charge in [0.1, 0.15) is 5.54 Å². The summed E-state index contributed by atoms with van der Waals surface area (Å²) in [6, 6.07) is 4.45. The van der Waals surface area contributed by atoms with Crippen molar-refractivity contribution in [3.8, 4) is 0 Å². The molecule has 0 saturated heterocycles. The van der Waals surface area contributed by atoms with Crippen LogP contribution in [0.4, 0.5) is 0 Å². The molecule has 0 spiro atoms. The maximum atomic E-state index is 5.20. The van der Waals surface area contributed by atoms with Gasteiger partial charge < -0.3 is 0 Å². The molecule has 4 heterocycles. The Morgan fingerprint density at radius 2 is 1.57 bits per heavy atom. The second-order valence-corrected chi connectivity index (χ2v) is 10.5. The van der Waals surface area contributed by atoms with E-state index in [0.29, 0.717) is 0 Å². The first kappa shape index (κ1) is 18.4. The number of rotatable bonds is 2. The molecule has 5 rings (SSSR count). The summed E-state index contributed by atoms with van der Waals surface area (Å²) in [4.78, 5) is 19.7. The second kappa shape index (κ2) is 6.42. The zero-order valence-corrected chi connectivity index (χ0v) is 18.4. The zero-order valence-electron chi connectivity index (χ0n) is 16.7. The molecule has 4 aliphatic rings. The average molecular weight is 409 g/mol. The van der Waals surface area contributed by atoms with E-state index < -0.39 is 5.54 Å². The quantitative estimate of drug-likeness (QED) is 0.751. The van der Waals surface area contributed by atoms with Crippen LogP contribution < -0.4 is 10.7 Å². The second-order valence-electron chi connectivity index (χ2n) is 8.37. The smallest absolute Gasteiger partial charge is 0.125 e. The van der Waals surface area contributed by atoms with Crippen molar-refractivity contribution in [3.63, 3.8) is 0 Å². The van der Waals surface area contributed by atoms with Crippen molar-refractivity contribution < 1.29 is 0 Å². The maximum Gasteiger partial charge on any atom is 0.125 e. The molecule has 28 heavy (non-hydrogen) atoms. The lowest BCUT2D eigenvalue weighted by molar-refractivity contribution is 0.630. The fourth-order valence-corrected chi connectivity index (χ4v) is 6.15. The predicted molar refractivity (Wildman–Crippen MR) is 122 cm³/mol. The molecule has 1 aromatic carbocycles. The SMILES string of the molecule is CC1=CC(C)(C)N=c2cc3c(cc21)=NC(C)(C1=NCCS1)C=C3C1=NCCS1. The van der Waals surface area contributed by atoms with Crippen molar-refractivity contribution in [2.75, 3.05) is 24.6 Å². The van der Waals surface area contributed by atoms with Crippen molar-refractivity contribution in [2.24, 2.45) is 20.0 Å². The van der Waals surface area contributed by atoms with Gasteiger partial charge in [-0.2, -0.15) is 0 Å². The number of aliphatic imine (C=N–C) groups is 2. The summed E-state index contributed by atoms with van der Waals surface area (Å²) in [5.41, 5.74) is 4.23. The molecule has 4 aliphatic heterocycles. The first-order valence-electron chi connectivity index (χ1n) is 9.77. The van der Waals surface area contributed by atoms with Crippen molar-refractivity contribution in [1.29, 1.82) is 0 Å². The van der Waals surface area contributed by atoms with Gasteiger partial charge in [0.15, 0.2) is 0 Å². The normalized spacial score (nSPS) is 27.6. The van der Waals surface area contributed by atoms with E-state index in [4.69, 9.17) is 20.0 Å². The standard InChI is InChI=1S/C22H24N4S2/c1-13-11-21(2,3)25-17-10-15-16(19-23-5-7-27-19)12-22(4,20-24-6-8-28-20)26-18(15)9-14(13)17/h9-12H,5-8H2,1-4H3. The third-order valence-corrected chi connectivity index (χ3v) is 7.63. The van der Waals surface area contributed by atoms with Crippen LogP contribution in [0.1, 0.15) is 38.8 Å².